The largest absolute Gasteiger partial charge is 0.456 e. The van der Waals surface area contributed by atoms with Crippen LogP contribution in [0.4, 0.5) is 17.1 Å². The molecule has 55 heavy (non-hydrogen) atoms. The fraction of sp³-hybridized carbons (Fsp3) is 0.0566. The van der Waals surface area contributed by atoms with Gasteiger partial charge in [-0.1, -0.05) is 141 Å². The molecule has 2 nitrogen and oxygen atoms in total. The van der Waals surface area contributed by atoms with Crippen molar-refractivity contribution in [2.75, 3.05) is 4.90 Å². The van der Waals surface area contributed by atoms with Gasteiger partial charge >= 0.3 is 0 Å². The van der Waals surface area contributed by atoms with Gasteiger partial charge in [0.1, 0.15) is 11.2 Å². The highest BCUT2D eigenvalue weighted by atomic mass is 16.3. The molecule has 0 fully saturated rings. The molecular weight excluding hydrogens is 667 g/mol. The lowest BCUT2D eigenvalue weighted by Gasteiger charge is -2.29. The Morgan fingerprint density at radius 3 is 1.85 bits per heavy atom. The maximum atomic E-state index is 6.32. The fourth-order valence-electron chi connectivity index (χ4n) is 9.05. The predicted octanol–water partition coefficient (Wildman–Crippen LogP) is 15.0. The summed E-state index contributed by atoms with van der Waals surface area (Å²) in [6, 6.07) is 68.6. The van der Waals surface area contributed by atoms with Crippen LogP contribution >= 0.6 is 0 Å². The van der Waals surface area contributed by atoms with E-state index in [1.807, 2.05) is 12.1 Å². The summed E-state index contributed by atoms with van der Waals surface area (Å²) in [5.74, 6) is 0. The van der Waals surface area contributed by atoms with E-state index in [2.05, 4.69) is 195 Å². The Morgan fingerprint density at radius 2 is 1.02 bits per heavy atom. The van der Waals surface area contributed by atoms with Crippen molar-refractivity contribution in [2.45, 2.75) is 19.3 Å². The van der Waals surface area contributed by atoms with Crippen LogP contribution in [0, 0.1) is 0 Å². The molecule has 0 radical (unpaired) electrons. The van der Waals surface area contributed by atoms with Gasteiger partial charge in [-0.2, -0.15) is 0 Å². The molecule has 0 atom stereocenters. The third-order valence-corrected chi connectivity index (χ3v) is 11.8. The smallest absolute Gasteiger partial charge is 0.135 e. The highest BCUT2D eigenvalue weighted by Gasteiger charge is 2.35. The maximum absolute atomic E-state index is 6.32. The van der Waals surface area contributed by atoms with Gasteiger partial charge in [0.15, 0.2) is 0 Å². The first-order valence-electron chi connectivity index (χ1n) is 19.1. The number of rotatable bonds is 5. The molecule has 1 heterocycles. The van der Waals surface area contributed by atoms with Crippen molar-refractivity contribution >= 4 is 60.5 Å². The lowest BCUT2D eigenvalue weighted by Crippen LogP contribution is -2.14. The van der Waals surface area contributed by atoms with Gasteiger partial charge in [0.05, 0.1) is 5.69 Å². The van der Waals surface area contributed by atoms with Crippen LogP contribution in [0.5, 0.6) is 0 Å². The molecule has 1 aliphatic carbocycles. The molecule has 260 valence electrons. The number of hydrogen-bond acceptors (Lipinski definition) is 2. The fourth-order valence-corrected chi connectivity index (χ4v) is 9.05. The summed E-state index contributed by atoms with van der Waals surface area (Å²) >= 11 is 0. The number of benzene rings is 9. The Labute approximate surface area is 320 Å². The molecule has 9 aromatic carbocycles. The van der Waals surface area contributed by atoms with Gasteiger partial charge in [0, 0.05) is 33.1 Å². The second kappa shape index (κ2) is 12.1. The Morgan fingerprint density at radius 1 is 0.382 bits per heavy atom. The van der Waals surface area contributed by atoms with E-state index in [9.17, 15) is 0 Å². The van der Waals surface area contributed by atoms with Crippen LogP contribution < -0.4 is 4.90 Å². The number of nitrogens with zero attached hydrogens (tertiary/aromatic N) is 1. The second-order valence-corrected chi connectivity index (χ2v) is 15.3. The maximum Gasteiger partial charge on any atom is 0.135 e. The van der Waals surface area contributed by atoms with Crippen molar-refractivity contribution in [2.24, 2.45) is 0 Å². The van der Waals surface area contributed by atoms with E-state index in [0.29, 0.717) is 0 Å². The van der Waals surface area contributed by atoms with Gasteiger partial charge in [0.25, 0.3) is 0 Å². The molecule has 10 aromatic rings. The van der Waals surface area contributed by atoms with Crippen LogP contribution in [-0.2, 0) is 5.41 Å². The average molecular weight is 704 g/mol. The molecule has 0 saturated heterocycles. The minimum absolute atomic E-state index is 0.0835. The molecule has 0 spiro atoms. The normalized spacial score (nSPS) is 13.1. The summed E-state index contributed by atoms with van der Waals surface area (Å²) in [6.45, 7) is 4.73. The van der Waals surface area contributed by atoms with E-state index in [4.69, 9.17) is 4.42 Å². The summed E-state index contributed by atoms with van der Waals surface area (Å²) in [6.07, 6.45) is 0. The zero-order chi connectivity index (χ0) is 36.7. The third-order valence-electron chi connectivity index (χ3n) is 11.8. The second-order valence-electron chi connectivity index (χ2n) is 15.3. The molecule has 0 aliphatic heterocycles. The van der Waals surface area contributed by atoms with Crippen LogP contribution in [0.2, 0.25) is 0 Å². The van der Waals surface area contributed by atoms with Crippen molar-refractivity contribution in [3.8, 4) is 33.4 Å². The SMILES string of the molecule is CC1(C)c2ccccc2-c2cc3ccc4ccc(N(c5ccc6oc7ccccc7c6c5)c5ccc(-c6ccccc6)cc5-c5ccccc5)cc4c3cc21. The van der Waals surface area contributed by atoms with Gasteiger partial charge in [-0.15, -0.1) is 0 Å². The zero-order valence-electron chi connectivity index (χ0n) is 30.8. The number of fused-ring (bicyclic) bond motifs is 9. The minimum atomic E-state index is -0.0835. The van der Waals surface area contributed by atoms with E-state index >= 15 is 0 Å². The summed E-state index contributed by atoms with van der Waals surface area (Å²) in [5.41, 5.74) is 15.1. The zero-order valence-corrected chi connectivity index (χ0v) is 30.8. The Hall–Kier alpha value is -6.90. The Bertz CT molecular complexity index is 3120. The number of anilines is 3. The highest BCUT2D eigenvalue weighted by Crippen LogP contribution is 2.51. The first-order chi connectivity index (χ1) is 27.0. The third kappa shape index (κ3) is 4.95. The lowest BCUT2D eigenvalue weighted by molar-refractivity contribution is 0.661. The number of para-hydroxylation sites is 1. The lowest BCUT2D eigenvalue weighted by atomic mass is 9.81. The van der Waals surface area contributed by atoms with E-state index in [-0.39, 0.29) is 5.41 Å². The topological polar surface area (TPSA) is 16.4 Å². The molecule has 0 N–H and O–H groups in total. The van der Waals surface area contributed by atoms with E-state index in [1.54, 1.807) is 0 Å². The summed E-state index contributed by atoms with van der Waals surface area (Å²) in [4.78, 5) is 2.43. The van der Waals surface area contributed by atoms with Crippen molar-refractivity contribution in [3.05, 3.63) is 199 Å². The van der Waals surface area contributed by atoms with Crippen LogP contribution in [0.3, 0.4) is 0 Å². The van der Waals surface area contributed by atoms with E-state index < -0.39 is 0 Å². The highest BCUT2D eigenvalue weighted by molar-refractivity contribution is 6.12. The first-order valence-corrected chi connectivity index (χ1v) is 19.1. The quantitative estimate of drug-likeness (QED) is 0.166. The van der Waals surface area contributed by atoms with Gasteiger partial charge in [-0.25, -0.2) is 0 Å². The van der Waals surface area contributed by atoms with Crippen molar-refractivity contribution in [1.82, 2.24) is 0 Å². The number of furan rings is 1. The van der Waals surface area contributed by atoms with Gasteiger partial charge < -0.3 is 9.32 Å². The standard InChI is InChI=1S/C53H37NO/c1-53(2)48-19-11-9-17-41(48)46-30-38-22-21-36-23-25-39(31-43(36)44(38)33-49(46)53)54(40-26-28-52-47(32-40)42-18-10-12-20-51(42)55-52)50-27-24-37(34-13-5-3-6-14-34)29-45(50)35-15-7-4-8-16-35/h3-33H,1-2H3. The van der Waals surface area contributed by atoms with Crippen LogP contribution in [-0.4, -0.2) is 0 Å². The van der Waals surface area contributed by atoms with Gasteiger partial charge in [0.2, 0.25) is 0 Å². The molecule has 2 heteroatoms. The van der Waals surface area contributed by atoms with Crippen molar-refractivity contribution in [3.63, 3.8) is 0 Å². The van der Waals surface area contributed by atoms with Gasteiger partial charge in [-0.3, -0.25) is 0 Å². The molecule has 0 unspecified atom stereocenters. The first kappa shape index (κ1) is 31.6. The Balaban J connectivity index is 1.18. The summed E-state index contributed by atoms with van der Waals surface area (Å²) < 4.78 is 6.32. The molecule has 0 amide bonds. The van der Waals surface area contributed by atoms with Crippen molar-refractivity contribution < 1.29 is 4.42 Å². The molecule has 1 aromatic heterocycles. The molecular formula is C53H37NO. The summed E-state index contributed by atoms with van der Waals surface area (Å²) in [5, 5.41) is 7.21. The molecule has 1 aliphatic rings. The number of hydrogen-bond donors (Lipinski definition) is 0. The van der Waals surface area contributed by atoms with E-state index in [0.717, 1.165) is 44.6 Å². The minimum Gasteiger partial charge on any atom is -0.456 e. The average Bonchev–Trinajstić information content (AvgIpc) is 3.72. The van der Waals surface area contributed by atoms with Crippen molar-refractivity contribution in [1.29, 1.82) is 0 Å². The molecule has 0 saturated carbocycles. The van der Waals surface area contributed by atoms with Crippen LogP contribution in [0.1, 0.15) is 25.0 Å². The monoisotopic (exact) mass is 703 g/mol. The van der Waals surface area contributed by atoms with Crippen LogP contribution in [0.15, 0.2) is 192 Å². The van der Waals surface area contributed by atoms with E-state index in [1.165, 1.54) is 60.5 Å². The van der Waals surface area contributed by atoms with Gasteiger partial charge in [-0.05, 0) is 121 Å². The molecule has 11 rings (SSSR count). The van der Waals surface area contributed by atoms with Crippen LogP contribution in [0.25, 0.3) is 76.9 Å². The Kier molecular flexibility index (Phi) is 6.93. The molecule has 0 bridgehead atoms. The summed E-state index contributed by atoms with van der Waals surface area (Å²) in [7, 11) is 0. The predicted molar refractivity (Wildman–Crippen MR) is 232 cm³/mol.